The molecular weight excluding hydrogens is 606 g/mol. The van der Waals surface area contributed by atoms with Gasteiger partial charge >= 0.3 is 18.4 Å². The summed E-state index contributed by atoms with van der Waals surface area (Å²) in [7, 11) is 0. The Hall–Kier alpha value is -3.48. The second-order valence-electron chi connectivity index (χ2n) is 11.3. The van der Waals surface area contributed by atoms with Crippen LogP contribution in [0.1, 0.15) is 82.1 Å². The van der Waals surface area contributed by atoms with E-state index in [1.165, 1.54) is 0 Å². The minimum atomic E-state index is -6.00. The van der Waals surface area contributed by atoms with Crippen LogP contribution in [0, 0.1) is 0 Å². The summed E-state index contributed by atoms with van der Waals surface area (Å²) in [4.78, 5) is 27.1. The molecule has 1 saturated heterocycles. The molecule has 3 rings (SSSR count). The number of alkyl halides is 6. The maximum absolute atomic E-state index is 13.6. The average molecular weight is 647 g/mol. The molecule has 2 N–H and O–H groups in total. The van der Waals surface area contributed by atoms with E-state index >= 15 is 0 Å². The van der Waals surface area contributed by atoms with Gasteiger partial charge in [-0.05, 0) is 80.0 Å². The number of urea groups is 1. The lowest BCUT2D eigenvalue weighted by molar-refractivity contribution is -0.376. The molecule has 1 atom stereocenters. The number of nitrogens with zero attached hydrogens (tertiary/aromatic N) is 1. The Bertz CT molecular complexity index is 1290. The van der Waals surface area contributed by atoms with Gasteiger partial charge < -0.3 is 19.9 Å². The molecule has 0 radical (unpaired) electrons. The van der Waals surface area contributed by atoms with Crippen LogP contribution in [-0.4, -0.2) is 54.1 Å². The smallest absolute Gasteiger partial charge is 0.430 e. The van der Waals surface area contributed by atoms with Gasteiger partial charge in [0.25, 0.3) is 11.5 Å². The number of hydrogen-bond acceptors (Lipinski definition) is 5. The summed E-state index contributed by atoms with van der Waals surface area (Å²) < 4.78 is 93.3. The highest BCUT2D eigenvalue weighted by molar-refractivity contribution is 6.07. The second-order valence-corrected chi connectivity index (χ2v) is 11.3. The number of rotatable bonds is 15. The van der Waals surface area contributed by atoms with E-state index in [0.29, 0.717) is 43.6 Å². The molecule has 2 aromatic carbocycles. The SMILES string of the molecule is CCCOc1ccc(C2(C)NC(=O)N(CCCCOc3c(CCC)cc(C(O)(C(F)(F)F)C(F)(F)F)cc3CCC)C2=O)cc1. The molecule has 1 aliphatic rings. The van der Waals surface area contributed by atoms with Crippen molar-refractivity contribution < 1.29 is 50.5 Å². The summed E-state index contributed by atoms with van der Waals surface area (Å²) in [6.07, 6.45) is -9.42. The van der Waals surface area contributed by atoms with Gasteiger partial charge in [-0.2, -0.15) is 26.3 Å². The normalized spacial score (nSPS) is 17.5. The number of imide groups is 1. The number of aryl methyl sites for hydroxylation is 2. The van der Waals surface area contributed by atoms with E-state index in [1.807, 2.05) is 6.92 Å². The zero-order chi connectivity index (χ0) is 33.6. The molecule has 250 valence electrons. The quantitative estimate of drug-likeness (QED) is 0.120. The summed E-state index contributed by atoms with van der Waals surface area (Å²) in [5.74, 6) is 0.402. The molecule has 7 nitrogen and oxygen atoms in total. The fourth-order valence-electron chi connectivity index (χ4n) is 5.29. The molecular formula is C32H40F6N2O5. The van der Waals surface area contributed by atoms with Crippen LogP contribution in [0.15, 0.2) is 36.4 Å². The Labute approximate surface area is 258 Å². The second kappa shape index (κ2) is 14.3. The molecule has 0 saturated carbocycles. The van der Waals surface area contributed by atoms with Gasteiger partial charge in [0.1, 0.15) is 17.0 Å². The van der Waals surface area contributed by atoms with Crippen LogP contribution in [0.5, 0.6) is 11.5 Å². The predicted octanol–water partition coefficient (Wildman–Crippen LogP) is 7.32. The van der Waals surface area contributed by atoms with Crippen LogP contribution in [0.3, 0.4) is 0 Å². The first-order chi connectivity index (χ1) is 21.0. The Morgan fingerprint density at radius 2 is 1.38 bits per heavy atom. The van der Waals surface area contributed by atoms with Gasteiger partial charge in [-0.3, -0.25) is 9.69 Å². The third-order valence-corrected chi connectivity index (χ3v) is 7.72. The molecule has 45 heavy (non-hydrogen) atoms. The number of ether oxygens (including phenoxy) is 2. The lowest BCUT2D eigenvalue weighted by atomic mass is 9.87. The maximum Gasteiger partial charge on any atom is 0.430 e. The minimum absolute atomic E-state index is 0.0374. The van der Waals surface area contributed by atoms with Crippen molar-refractivity contribution in [3.8, 4) is 11.5 Å². The molecule has 13 heteroatoms. The fourth-order valence-corrected chi connectivity index (χ4v) is 5.29. The van der Waals surface area contributed by atoms with Gasteiger partial charge in [0, 0.05) is 12.1 Å². The van der Waals surface area contributed by atoms with Crippen molar-refractivity contribution in [3.63, 3.8) is 0 Å². The van der Waals surface area contributed by atoms with Crippen molar-refractivity contribution in [1.29, 1.82) is 0 Å². The van der Waals surface area contributed by atoms with Crippen molar-refractivity contribution in [3.05, 3.63) is 58.7 Å². The van der Waals surface area contributed by atoms with Crippen LogP contribution >= 0.6 is 0 Å². The Morgan fingerprint density at radius 3 is 1.87 bits per heavy atom. The van der Waals surface area contributed by atoms with Crippen molar-refractivity contribution in [2.75, 3.05) is 19.8 Å². The molecule has 0 aromatic heterocycles. The first-order valence-corrected chi connectivity index (χ1v) is 15.1. The topological polar surface area (TPSA) is 88.1 Å². The highest BCUT2D eigenvalue weighted by Gasteiger charge is 2.71. The molecule has 0 spiro atoms. The van der Waals surface area contributed by atoms with Crippen molar-refractivity contribution in [2.45, 2.75) is 96.1 Å². The van der Waals surface area contributed by atoms with Crippen LogP contribution in [0.25, 0.3) is 0 Å². The number of hydrogen-bond donors (Lipinski definition) is 2. The van der Waals surface area contributed by atoms with E-state index in [-0.39, 0.29) is 42.9 Å². The number of carbonyl (C=O) groups excluding carboxylic acids is 2. The molecule has 2 aromatic rings. The molecule has 1 heterocycles. The van der Waals surface area contributed by atoms with E-state index in [9.17, 15) is 41.0 Å². The van der Waals surface area contributed by atoms with Crippen molar-refractivity contribution in [2.24, 2.45) is 0 Å². The Morgan fingerprint density at radius 1 is 0.822 bits per heavy atom. The third-order valence-electron chi connectivity index (χ3n) is 7.72. The van der Waals surface area contributed by atoms with E-state index < -0.39 is 41.0 Å². The zero-order valence-electron chi connectivity index (χ0n) is 25.8. The Kier molecular flexibility index (Phi) is 11.4. The Balaban J connectivity index is 1.72. The van der Waals surface area contributed by atoms with E-state index in [2.05, 4.69) is 5.32 Å². The lowest BCUT2D eigenvalue weighted by Crippen LogP contribution is -2.54. The highest BCUT2D eigenvalue weighted by atomic mass is 19.4. The minimum Gasteiger partial charge on any atom is -0.494 e. The lowest BCUT2D eigenvalue weighted by Gasteiger charge is -2.33. The molecule has 1 aliphatic heterocycles. The summed E-state index contributed by atoms with van der Waals surface area (Å²) in [5.41, 5.74) is -6.76. The van der Waals surface area contributed by atoms with Crippen LogP contribution in [0.2, 0.25) is 0 Å². The molecule has 0 bridgehead atoms. The van der Waals surface area contributed by atoms with Gasteiger partial charge in [-0.25, -0.2) is 4.79 Å². The largest absolute Gasteiger partial charge is 0.494 e. The zero-order valence-corrected chi connectivity index (χ0v) is 25.8. The number of amides is 3. The predicted molar refractivity (Wildman–Crippen MR) is 155 cm³/mol. The fraction of sp³-hybridized carbons (Fsp3) is 0.562. The van der Waals surface area contributed by atoms with Gasteiger partial charge in [-0.15, -0.1) is 0 Å². The van der Waals surface area contributed by atoms with Gasteiger partial charge in [0.2, 0.25) is 0 Å². The molecule has 0 aliphatic carbocycles. The van der Waals surface area contributed by atoms with Gasteiger partial charge in [0.15, 0.2) is 0 Å². The van der Waals surface area contributed by atoms with E-state index in [0.717, 1.165) is 23.5 Å². The third kappa shape index (κ3) is 7.50. The van der Waals surface area contributed by atoms with Crippen molar-refractivity contribution in [1.82, 2.24) is 10.2 Å². The number of aliphatic hydroxyl groups is 1. The van der Waals surface area contributed by atoms with E-state index in [1.54, 1.807) is 45.0 Å². The summed E-state index contributed by atoms with van der Waals surface area (Å²) in [6.45, 7) is 7.70. The summed E-state index contributed by atoms with van der Waals surface area (Å²) in [6, 6.07) is 7.78. The first-order valence-electron chi connectivity index (χ1n) is 15.1. The summed E-state index contributed by atoms with van der Waals surface area (Å²) >= 11 is 0. The highest BCUT2D eigenvalue weighted by Crippen LogP contribution is 2.51. The van der Waals surface area contributed by atoms with Crippen LogP contribution < -0.4 is 14.8 Å². The number of nitrogens with one attached hydrogen (secondary N) is 1. The van der Waals surface area contributed by atoms with Crippen LogP contribution in [0.4, 0.5) is 31.1 Å². The molecule has 1 fully saturated rings. The van der Waals surface area contributed by atoms with Crippen molar-refractivity contribution >= 4 is 11.9 Å². The maximum atomic E-state index is 13.6. The number of halogens is 6. The number of unbranched alkanes of at least 4 members (excludes halogenated alkanes) is 1. The standard InChI is InChI=1S/C32H40F6N2O5/c1-5-10-21-19-24(30(43,31(33,34)35)32(36,37)38)20-22(11-6-2)26(21)45-18-9-8-16-40-27(41)29(4,39-28(40)42)23-12-14-25(15-13-23)44-17-7-3/h12-15,19-20,43H,5-11,16-18H2,1-4H3,(H,39,42). The number of benzene rings is 2. The monoisotopic (exact) mass is 646 g/mol. The molecule has 3 amide bonds. The summed E-state index contributed by atoms with van der Waals surface area (Å²) in [5, 5.41) is 12.8. The van der Waals surface area contributed by atoms with E-state index in [4.69, 9.17) is 9.47 Å². The van der Waals surface area contributed by atoms with Gasteiger partial charge in [-0.1, -0.05) is 45.7 Å². The molecule has 1 unspecified atom stereocenters. The van der Waals surface area contributed by atoms with Gasteiger partial charge in [0.05, 0.1) is 13.2 Å². The number of carbonyl (C=O) groups is 2. The first kappa shape index (κ1) is 36.0. The average Bonchev–Trinajstić information content (AvgIpc) is 3.19. The van der Waals surface area contributed by atoms with Crippen LogP contribution in [-0.2, 0) is 28.8 Å².